The second-order valence-electron chi connectivity index (χ2n) is 3.73. The third-order valence-electron chi connectivity index (χ3n) is 2.31. The molecule has 2 nitrogen and oxygen atoms in total. The van der Waals surface area contributed by atoms with Crippen molar-refractivity contribution in [3.8, 4) is 0 Å². The summed E-state index contributed by atoms with van der Waals surface area (Å²) in [5.74, 6) is 0. The van der Waals surface area contributed by atoms with E-state index < -0.39 is 10.8 Å². The van der Waals surface area contributed by atoms with Gasteiger partial charge >= 0.3 is 0 Å². The third-order valence-corrected chi connectivity index (χ3v) is 3.48. The highest BCUT2D eigenvalue weighted by Gasteiger charge is 1.97. The van der Waals surface area contributed by atoms with Crippen LogP contribution in [0.3, 0.4) is 0 Å². The van der Waals surface area contributed by atoms with Gasteiger partial charge in [-0.2, -0.15) is 0 Å². The molecule has 3 heteroatoms. The van der Waals surface area contributed by atoms with E-state index in [1.807, 2.05) is 18.2 Å². The van der Waals surface area contributed by atoms with Crippen LogP contribution in [0.2, 0.25) is 0 Å². The number of allylic oxidation sites excluding steroid dienone is 1. The summed E-state index contributed by atoms with van der Waals surface area (Å²) in [4.78, 5) is 0.806. The van der Waals surface area contributed by atoms with Crippen LogP contribution >= 0.6 is 0 Å². The van der Waals surface area contributed by atoms with Crippen molar-refractivity contribution in [3.05, 3.63) is 35.7 Å². The molecule has 0 saturated heterocycles. The normalized spacial score (nSPS) is 13.1. The van der Waals surface area contributed by atoms with Crippen LogP contribution in [0.25, 0.3) is 0 Å². The maximum absolute atomic E-state index is 11.8. The van der Waals surface area contributed by atoms with Gasteiger partial charge in [0.2, 0.25) is 0 Å². The Morgan fingerprint density at radius 3 is 2.56 bits per heavy atom. The molecule has 1 atom stereocenters. The minimum Gasteiger partial charge on any atom is -0.399 e. The van der Waals surface area contributed by atoms with E-state index in [2.05, 4.69) is 6.92 Å². The quantitative estimate of drug-likeness (QED) is 0.608. The Hall–Kier alpha value is -1.09. The standard InChI is InChI=1S/C13H19NOS/c1-2-3-4-5-6-11-16(15)13-9-7-12(14)8-10-13/h6-11H,2-5,14H2,1H3/b11-6+. The second kappa shape index (κ2) is 7.23. The Morgan fingerprint density at radius 2 is 1.94 bits per heavy atom. The molecule has 1 rings (SSSR count). The number of hydrogen-bond donors (Lipinski definition) is 1. The van der Waals surface area contributed by atoms with Gasteiger partial charge in [0.05, 0.1) is 10.8 Å². The Bertz CT molecular complexity index is 357. The lowest BCUT2D eigenvalue weighted by molar-refractivity contribution is 0.688. The van der Waals surface area contributed by atoms with Gasteiger partial charge in [-0.25, -0.2) is 4.21 Å². The maximum Gasteiger partial charge on any atom is 0.0772 e. The summed E-state index contributed by atoms with van der Waals surface area (Å²) in [5, 5.41) is 1.77. The predicted molar refractivity (Wildman–Crippen MR) is 70.5 cm³/mol. The van der Waals surface area contributed by atoms with Crippen molar-refractivity contribution in [3.63, 3.8) is 0 Å². The highest BCUT2D eigenvalue weighted by molar-refractivity contribution is 7.88. The van der Waals surface area contributed by atoms with Crippen LogP contribution in [0.4, 0.5) is 5.69 Å². The van der Waals surface area contributed by atoms with E-state index in [4.69, 9.17) is 5.73 Å². The van der Waals surface area contributed by atoms with Crippen LogP contribution in [0.1, 0.15) is 32.6 Å². The van der Waals surface area contributed by atoms with Gasteiger partial charge < -0.3 is 5.73 Å². The summed E-state index contributed by atoms with van der Waals surface area (Å²) in [6.45, 7) is 2.18. The number of benzene rings is 1. The summed E-state index contributed by atoms with van der Waals surface area (Å²) < 4.78 is 11.8. The first-order chi connectivity index (χ1) is 7.74. The van der Waals surface area contributed by atoms with E-state index in [1.165, 1.54) is 19.3 Å². The van der Waals surface area contributed by atoms with E-state index in [1.54, 1.807) is 17.5 Å². The molecule has 0 aromatic heterocycles. The fourth-order valence-electron chi connectivity index (χ4n) is 1.35. The average molecular weight is 237 g/mol. The maximum atomic E-state index is 11.8. The molecule has 0 aliphatic carbocycles. The molecule has 0 radical (unpaired) electrons. The first-order valence-electron chi connectivity index (χ1n) is 5.67. The molecule has 1 aromatic carbocycles. The number of hydrogen-bond acceptors (Lipinski definition) is 2. The van der Waals surface area contributed by atoms with Gasteiger partial charge in [-0.05, 0) is 37.1 Å². The molecule has 0 saturated carbocycles. The minimum atomic E-state index is -1.03. The van der Waals surface area contributed by atoms with Crippen molar-refractivity contribution in [2.24, 2.45) is 0 Å². The highest BCUT2D eigenvalue weighted by Crippen LogP contribution is 2.11. The molecule has 16 heavy (non-hydrogen) atoms. The molecule has 0 fully saturated rings. The SMILES string of the molecule is CCCCC/C=C/S(=O)c1ccc(N)cc1. The molecule has 0 aliphatic rings. The summed E-state index contributed by atoms with van der Waals surface area (Å²) in [5.41, 5.74) is 6.27. The topological polar surface area (TPSA) is 43.1 Å². The van der Waals surface area contributed by atoms with E-state index >= 15 is 0 Å². The van der Waals surface area contributed by atoms with Gasteiger partial charge in [0.25, 0.3) is 0 Å². The summed E-state index contributed by atoms with van der Waals surface area (Å²) in [7, 11) is -1.03. The van der Waals surface area contributed by atoms with Crippen molar-refractivity contribution in [2.45, 2.75) is 37.5 Å². The van der Waals surface area contributed by atoms with Gasteiger partial charge in [-0.3, -0.25) is 0 Å². The van der Waals surface area contributed by atoms with Crippen LogP contribution < -0.4 is 5.73 Å². The number of unbranched alkanes of at least 4 members (excludes halogenated alkanes) is 3. The smallest absolute Gasteiger partial charge is 0.0772 e. The highest BCUT2D eigenvalue weighted by atomic mass is 32.2. The van der Waals surface area contributed by atoms with Gasteiger partial charge in [0.15, 0.2) is 0 Å². The molecule has 0 heterocycles. The van der Waals surface area contributed by atoms with E-state index in [9.17, 15) is 4.21 Å². The molecule has 0 amide bonds. The van der Waals surface area contributed by atoms with Gasteiger partial charge in [-0.15, -0.1) is 0 Å². The second-order valence-corrected chi connectivity index (χ2v) is 5.07. The fourth-order valence-corrected chi connectivity index (χ4v) is 2.22. The van der Waals surface area contributed by atoms with Crippen LogP contribution in [-0.4, -0.2) is 4.21 Å². The summed E-state index contributed by atoms with van der Waals surface area (Å²) in [6.07, 6.45) is 6.64. The van der Waals surface area contributed by atoms with Gasteiger partial charge in [0.1, 0.15) is 0 Å². The molecule has 1 aromatic rings. The Kier molecular flexibility index (Phi) is 5.86. The van der Waals surface area contributed by atoms with Crippen LogP contribution in [0.5, 0.6) is 0 Å². The van der Waals surface area contributed by atoms with Crippen LogP contribution in [-0.2, 0) is 10.8 Å². The number of anilines is 1. The number of rotatable bonds is 6. The molecule has 1 unspecified atom stereocenters. The van der Waals surface area contributed by atoms with E-state index in [0.717, 1.165) is 11.3 Å². The van der Waals surface area contributed by atoms with Crippen molar-refractivity contribution in [1.29, 1.82) is 0 Å². The molecule has 0 bridgehead atoms. The number of nitrogen functional groups attached to an aromatic ring is 1. The fraction of sp³-hybridized carbons (Fsp3) is 0.385. The Morgan fingerprint density at radius 1 is 1.25 bits per heavy atom. The first kappa shape index (κ1) is 13.0. The molecular weight excluding hydrogens is 218 g/mol. The largest absolute Gasteiger partial charge is 0.399 e. The molecular formula is C13H19NOS. The van der Waals surface area contributed by atoms with Crippen molar-refractivity contribution >= 4 is 16.5 Å². The zero-order valence-corrected chi connectivity index (χ0v) is 10.5. The average Bonchev–Trinajstić information content (AvgIpc) is 2.29. The lowest BCUT2D eigenvalue weighted by atomic mass is 10.2. The Balaban J connectivity index is 2.43. The predicted octanol–water partition coefficient (Wildman–Crippen LogP) is 3.47. The molecule has 88 valence electrons. The first-order valence-corrected chi connectivity index (χ1v) is 6.88. The summed E-state index contributed by atoms with van der Waals surface area (Å²) >= 11 is 0. The molecule has 0 spiro atoms. The lowest BCUT2D eigenvalue weighted by Crippen LogP contribution is -1.88. The summed E-state index contributed by atoms with van der Waals surface area (Å²) in [6, 6.07) is 7.17. The lowest BCUT2D eigenvalue weighted by Gasteiger charge is -1.97. The molecule has 0 aliphatic heterocycles. The van der Waals surface area contributed by atoms with Crippen molar-refractivity contribution < 1.29 is 4.21 Å². The van der Waals surface area contributed by atoms with Gasteiger partial charge in [0, 0.05) is 16.0 Å². The van der Waals surface area contributed by atoms with Gasteiger partial charge in [-0.1, -0.05) is 25.8 Å². The third kappa shape index (κ3) is 4.62. The minimum absolute atomic E-state index is 0.702. The van der Waals surface area contributed by atoms with Crippen molar-refractivity contribution in [2.75, 3.05) is 5.73 Å². The Labute approximate surface area is 100 Å². The number of nitrogens with two attached hydrogens (primary N) is 1. The monoisotopic (exact) mass is 237 g/mol. The van der Waals surface area contributed by atoms with E-state index in [-0.39, 0.29) is 0 Å². The van der Waals surface area contributed by atoms with E-state index in [0.29, 0.717) is 5.69 Å². The molecule has 2 N–H and O–H groups in total. The van der Waals surface area contributed by atoms with Crippen molar-refractivity contribution in [1.82, 2.24) is 0 Å². The van der Waals surface area contributed by atoms with Crippen LogP contribution in [0.15, 0.2) is 40.6 Å². The zero-order valence-electron chi connectivity index (χ0n) is 9.69. The van der Waals surface area contributed by atoms with Crippen LogP contribution in [0, 0.1) is 0 Å². The zero-order chi connectivity index (χ0) is 11.8.